The molecule has 6 nitrogen and oxygen atoms in total. The summed E-state index contributed by atoms with van der Waals surface area (Å²) in [4.78, 5) is 24.3. The predicted octanol–water partition coefficient (Wildman–Crippen LogP) is 4.61. The highest BCUT2D eigenvalue weighted by molar-refractivity contribution is 5.72. The van der Waals surface area contributed by atoms with Gasteiger partial charge in [-0.25, -0.2) is 4.79 Å². The van der Waals surface area contributed by atoms with Crippen LogP contribution in [-0.4, -0.2) is 35.9 Å². The van der Waals surface area contributed by atoms with Gasteiger partial charge >= 0.3 is 12.1 Å². The van der Waals surface area contributed by atoms with Gasteiger partial charge in [-0.2, -0.15) is 0 Å². The van der Waals surface area contributed by atoms with Crippen molar-refractivity contribution in [3.63, 3.8) is 0 Å². The van der Waals surface area contributed by atoms with Crippen LogP contribution in [0.1, 0.15) is 64.9 Å². The number of alkyl carbamates (subject to hydrolysis) is 1. The third-order valence-electron chi connectivity index (χ3n) is 7.04. The maximum atomic E-state index is 12.2. The molecule has 1 N–H and O–H groups in total. The molecule has 1 amide bonds. The maximum absolute atomic E-state index is 12.2. The fourth-order valence-corrected chi connectivity index (χ4v) is 5.84. The number of esters is 1. The average molecular weight is 430 g/mol. The zero-order valence-electron chi connectivity index (χ0n) is 18.9. The van der Waals surface area contributed by atoms with Crippen LogP contribution in [0.3, 0.4) is 0 Å². The second kappa shape index (κ2) is 8.81. The number of amides is 1. The number of rotatable bonds is 5. The first-order valence-electron chi connectivity index (χ1n) is 11.6. The van der Waals surface area contributed by atoms with Crippen molar-refractivity contribution in [2.24, 2.45) is 17.8 Å². The molecule has 2 unspecified atom stereocenters. The van der Waals surface area contributed by atoms with E-state index in [1.807, 2.05) is 39.0 Å². The smallest absolute Gasteiger partial charge is 0.407 e. The standard InChI is InChI=1S/C25H35NO5/c1-24(2,3)31-23(28)26-19-9-10-20-18(13-19)14-25(12-11-22(27)30-25)21(20)16-29-15-17-7-5-4-6-8-17/h4-8,18-21H,9-16H2,1-3H3,(H,26,28)/t18-,19?,20+,21-,25?/m0/s1. The fourth-order valence-electron chi connectivity index (χ4n) is 5.84. The van der Waals surface area contributed by atoms with Gasteiger partial charge in [-0.1, -0.05) is 30.3 Å². The number of hydrogen-bond acceptors (Lipinski definition) is 5. The van der Waals surface area contributed by atoms with Crippen molar-refractivity contribution in [2.45, 2.75) is 83.1 Å². The molecule has 1 aromatic rings. The maximum Gasteiger partial charge on any atom is 0.407 e. The summed E-state index contributed by atoms with van der Waals surface area (Å²) in [6, 6.07) is 10.3. The summed E-state index contributed by atoms with van der Waals surface area (Å²) in [6.45, 7) is 6.80. The van der Waals surface area contributed by atoms with Crippen LogP contribution in [-0.2, 0) is 25.6 Å². The summed E-state index contributed by atoms with van der Waals surface area (Å²) >= 11 is 0. The van der Waals surface area contributed by atoms with E-state index in [1.165, 1.54) is 0 Å². The minimum atomic E-state index is -0.502. The van der Waals surface area contributed by atoms with Crippen LogP contribution in [0.5, 0.6) is 0 Å². The molecule has 0 aromatic heterocycles. The van der Waals surface area contributed by atoms with Crippen molar-refractivity contribution in [1.29, 1.82) is 0 Å². The molecule has 1 saturated heterocycles. The van der Waals surface area contributed by atoms with Crippen LogP contribution in [0.4, 0.5) is 4.79 Å². The highest BCUT2D eigenvalue weighted by atomic mass is 16.6. The molecule has 4 rings (SSSR count). The molecular formula is C25H35NO5. The summed E-state index contributed by atoms with van der Waals surface area (Å²) in [7, 11) is 0. The summed E-state index contributed by atoms with van der Waals surface area (Å²) in [6.07, 6.45) is 4.62. The summed E-state index contributed by atoms with van der Waals surface area (Å²) in [5, 5.41) is 3.06. The molecule has 170 valence electrons. The predicted molar refractivity (Wildman–Crippen MR) is 116 cm³/mol. The van der Waals surface area contributed by atoms with E-state index in [9.17, 15) is 9.59 Å². The second-order valence-electron chi connectivity index (χ2n) is 10.4. The molecule has 1 aliphatic heterocycles. The van der Waals surface area contributed by atoms with Crippen molar-refractivity contribution in [2.75, 3.05) is 6.61 Å². The highest BCUT2D eigenvalue weighted by Crippen LogP contribution is 2.56. The summed E-state index contributed by atoms with van der Waals surface area (Å²) in [5.74, 6) is 1.01. The lowest BCUT2D eigenvalue weighted by Crippen LogP contribution is -2.43. The van der Waals surface area contributed by atoms with Crippen LogP contribution < -0.4 is 5.32 Å². The Hall–Kier alpha value is -2.08. The lowest BCUT2D eigenvalue weighted by molar-refractivity contribution is -0.154. The van der Waals surface area contributed by atoms with Crippen LogP contribution >= 0.6 is 0 Å². The van der Waals surface area contributed by atoms with Gasteiger partial charge in [0.1, 0.15) is 11.2 Å². The first kappa shape index (κ1) is 22.1. The monoisotopic (exact) mass is 429 g/mol. The van der Waals surface area contributed by atoms with Gasteiger partial charge in [0.15, 0.2) is 0 Å². The molecule has 2 aliphatic carbocycles. The molecule has 0 radical (unpaired) electrons. The molecule has 0 bridgehead atoms. The molecule has 3 fully saturated rings. The Balaban J connectivity index is 1.39. The van der Waals surface area contributed by atoms with Crippen molar-refractivity contribution in [3.05, 3.63) is 35.9 Å². The Kier molecular flexibility index (Phi) is 6.29. The molecular weight excluding hydrogens is 394 g/mol. The topological polar surface area (TPSA) is 73.9 Å². The van der Waals surface area contributed by atoms with Gasteiger partial charge in [0.25, 0.3) is 0 Å². The van der Waals surface area contributed by atoms with Gasteiger partial charge in [0.2, 0.25) is 0 Å². The van der Waals surface area contributed by atoms with Gasteiger partial charge < -0.3 is 19.5 Å². The Morgan fingerprint density at radius 1 is 1.23 bits per heavy atom. The first-order chi connectivity index (χ1) is 14.7. The van der Waals surface area contributed by atoms with Gasteiger partial charge in [-0.15, -0.1) is 0 Å². The molecule has 5 atom stereocenters. The zero-order valence-corrected chi connectivity index (χ0v) is 18.9. The van der Waals surface area contributed by atoms with Crippen LogP contribution in [0.25, 0.3) is 0 Å². The SMILES string of the molecule is CC(C)(C)OC(=O)NC1CC[C@@H]2[C@@H](C1)CC1(CCC(=O)O1)[C@H]2COCc1ccccc1. The number of carbonyl (C=O) groups is 2. The lowest BCUT2D eigenvalue weighted by Gasteiger charge is -2.36. The quantitative estimate of drug-likeness (QED) is 0.692. The van der Waals surface area contributed by atoms with E-state index >= 15 is 0 Å². The lowest BCUT2D eigenvalue weighted by atomic mass is 9.75. The molecule has 3 aliphatic rings. The van der Waals surface area contributed by atoms with Crippen LogP contribution in [0.15, 0.2) is 30.3 Å². The first-order valence-corrected chi connectivity index (χ1v) is 11.6. The van der Waals surface area contributed by atoms with Gasteiger partial charge in [0.05, 0.1) is 13.2 Å². The number of ether oxygens (including phenoxy) is 3. The minimum absolute atomic E-state index is 0.0878. The normalized spacial score (nSPS) is 32.5. The fraction of sp³-hybridized carbons (Fsp3) is 0.680. The zero-order chi connectivity index (χ0) is 22.1. The number of nitrogens with one attached hydrogen (secondary N) is 1. The third kappa shape index (κ3) is 5.22. The van der Waals surface area contributed by atoms with E-state index in [4.69, 9.17) is 14.2 Å². The number of carbonyl (C=O) groups excluding carboxylic acids is 2. The third-order valence-corrected chi connectivity index (χ3v) is 7.04. The van der Waals surface area contributed by atoms with E-state index in [1.54, 1.807) is 0 Å². The Labute approximate surface area is 185 Å². The van der Waals surface area contributed by atoms with Crippen molar-refractivity contribution in [1.82, 2.24) is 5.32 Å². The van der Waals surface area contributed by atoms with Gasteiger partial charge in [0, 0.05) is 18.4 Å². The number of fused-ring (bicyclic) bond motifs is 1. The Morgan fingerprint density at radius 2 is 2.00 bits per heavy atom. The molecule has 1 spiro atoms. The minimum Gasteiger partial charge on any atom is -0.459 e. The Bertz CT molecular complexity index is 789. The summed E-state index contributed by atoms with van der Waals surface area (Å²) < 4.78 is 17.5. The van der Waals surface area contributed by atoms with Gasteiger partial charge in [-0.3, -0.25) is 4.79 Å². The van der Waals surface area contributed by atoms with E-state index in [-0.39, 0.29) is 24.0 Å². The van der Waals surface area contributed by atoms with E-state index in [2.05, 4.69) is 17.4 Å². The second-order valence-corrected chi connectivity index (χ2v) is 10.4. The van der Waals surface area contributed by atoms with E-state index in [0.29, 0.717) is 31.5 Å². The van der Waals surface area contributed by atoms with E-state index in [0.717, 1.165) is 37.7 Å². The molecule has 2 saturated carbocycles. The van der Waals surface area contributed by atoms with Crippen molar-refractivity contribution < 1.29 is 23.8 Å². The van der Waals surface area contributed by atoms with E-state index < -0.39 is 11.2 Å². The van der Waals surface area contributed by atoms with Crippen molar-refractivity contribution >= 4 is 12.1 Å². The van der Waals surface area contributed by atoms with Crippen LogP contribution in [0.2, 0.25) is 0 Å². The average Bonchev–Trinajstić information content (AvgIpc) is 3.20. The number of benzene rings is 1. The highest BCUT2D eigenvalue weighted by Gasteiger charge is 2.59. The molecule has 31 heavy (non-hydrogen) atoms. The van der Waals surface area contributed by atoms with Gasteiger partial charge in [-0.05, 0) is 70.3 Å². The van der Waals surface area contributed by atoms with Crippen LogP contribution in [0, 0.1) is 17.8 Å². The largest absolute Gasteiger partial charge is 0.459 e. The van der Waals surface area contributed by atoms with Crippen molar-refractivity contribution in [3.8, 4) is 0 Å². The molecule has 1 aromatic carbocycles. The Morgan fingerprint density at radius 3 is 2.68 bits per heavy atom. The number of hydrogen-bond donors (Lipinski definition) is 1. The summed E-state index contributed by atoms with van der Waals surface area (Å²) in [5.41, 5.74) is 0.252. The molecule has 1 heterocycles. The molecule has 6 heteroatoms.